The third-order valence-corrected chi connectivity index (χ3v) is 5.96. The van der Waals surface area contributed by atoms with Crippen molar-refractivity contribution in [3.63, 3.8) is 0 Å². The van der Waals surface area contributed by atoms with E-state index in [1.807, 2.05) is 0 Å². The van der Waals surface area contributed by atoms with Crippen LogP contribution in [0.15, 0.2) is 23.2 Å². The molecule has 2 rings (SSSR count). The average molecular weight is 311 g/mol. The molecule has 1 aliphatic rings. The average Bonchev–Trinajstić information content (AvgIpc) is 2.92. The molecule has 0 aliphatic heterocycles. The molecule has 0 aromatic carbocycles. The van der Waals surface area contributed by atoms with Crippen LogP contribution >= 0.6 is 0 Å². The molecule has 0 unspecified atom stereocenters. The van der Waals surface area contributed by atoms with Crippen LogP contribution in [0.1, 0.15) is 46.0 Å². The van der Waals surface area contributed by atoms with E-state index in [-0.39, 0.29) is 10.9 Å². The molecule has 1 aromatic rings. The maximum atomic E-state index is 12.9. The number of hydrogen-bond donors (Lipinski definition) is 1. The topological polar surface area (TPSA) is 76.3 Å². The Morgan fingerprint density at radius 1 is 1.33 bits per heavy atom. The first-order valence-electron chi connectivity index (χ1n) is 7.64. The van der Waals surface area contributed by atoms with E-state index in [0.717, 1.165) is 32.1 Å². The highest BCUT2D eigenvalue weighted by molar-refractivity contribution is 7.89. The maximum Gasteiger partial charge on any atom is 0.244 e. The molecule has 5 nitrogen and oxygen atoms in total. The van der Waals surface area contributed by atoms with Gasteiger partial charge in [0, 0.05) is 18.8 Å². The Kier molecular flexibility index (Phi) is 5.22. The molecule has 0 atom stereocenters. The molecule has 1 fully saturated rings. The number of pyridine rings is 1. The summed E-state index contributed by atoms with van der Waals surface area (Å²) in [5.74, 6) is 0.817. The van der Waals surface area contributed by atoms with Gasteiger partial charge in [-0.1, -0.05) is 26.7 Å². The monoisotopic (exact) mass is 311 g/mol. The lowest BCUT2D eigenvalue weighted by Crippen LogP contribution is -2.40. The van der Waals surface area contributed by atoms with Gasteiger partial charge in [-0.25, -0.2) is 13.4 Å². The van der Waals surface area contributed by atoms with Gasteiger partial charge in [-0.2, -0.15) is 4.31 Å². The normalized spacial score (nSPS) is 17.0. The van der Waals surface area contributed by atoms with Gasteiger partial charge in [0.1, 0.15) is 10.7 Å². The fraction of sp³-hybridized carbons (Fsp3) is 0.667. The van der Waals surface area contributed by atoms with Crippen LogP contribution in [0, 0.1) is 5.92 Å². The summed E-state index contributed by atoms with van der Waals surface area (Å²) in [6, 6.07) is 3.23. The molecule has 0 saturated heterocycles. The second-order valence-corrected chi connectivity index (χ2v) is 8.05. The summed E-state index contributed by atoms with van der Waals surface area (Å²) >= 11 is 0. The predicted octanol–water partition coefficient (Wildman–Crippen LogP) is 2.64. The number of sulfonamides is 1. The van der Waals surface area contributed by atoms with Crippen LogP contribution in [0.2, 0.25) is 0 Å². The van der Waals surface area contributed by atoms with Gasteiger partial charge in [-0.15, -0.1) is 0 Å². The van der Waals surface area contributed by atoms with Crippen LogP contribution in [0.3, 0.4) is 0 Å². The second kappa shape index (κ2) is 6.75. The summed E-state index contributed by atoms with van der Waals surface area (Å²) in [4.78, 5) is 4.16. The number of nitrogens with two attached hydrogens (primary N) is 1. The van der Waals surface area contributed by atoms with E-state index in [4.69, 9.17) is 5.73 Å². The highest BCUT2D eigenvalue weighted by Gasteiger charge is 2.33. The first-order valence-corrected chi connectivity index (χ1v) is 9.08. The van der Waals surface area contributed by atoms with Crippen LogP contribution in [-0.4, -0.2) is 30.3 Å². The number of aromatic nitrogens is 1. The lowest BCUT2D eigenvalue weighted by Gasteiger charge is -2.28. The third kappa shape index (κ3) is 3.95. The van der Waals surface area contributed by atoms with Gasteiger partial charge in [0.2, 0.25) is 10.0 Å². The van der Waals surface area contributed by atoms with Gasteiger partial charge in [-0.05, 0) is 37.3 Å². The second-order valence-electron chi connectivity index (χ2n) is 6.16. The minimum atomic E-state index is -3.48. The van der Waals surface area contributed by atoms with Crippen LogP contribution < -0.4 is 5.73 Å². The first kappa shape index (κ1) is 16.2. The molecule has 6 heteroatoms. The van der Waals surface area contributed by atoms with Crippen molar-refractivity contribution in [2.45, 2.75) is 56.9 Å². The lowest BCUT2D eigenvalue weighted by molar-refractivity contribution is 0.304. The summed E-state index contributed by atoms with van der Waals surface area (Å²) in [7, 11) is -3.48. The van der Waals surface area contributed by atoms with Crippen molar-refractivity contribution in [2.75, 3.05) is 12.3 Å². The van der Waals surface area contributed by atoms with Gasteiger partial charge in [0.15, 0.2) is 0 Å². The molecule has 1 saturated carbocycles. The molecule has 0 bridgehead atoms. The van der Waals surface area contributed by atoms with Gasteiger partial charge < -0.3 is 5.73 Å². The maximum absolute atomic E-state index is 12.9. The molecule has 1 aliphatic carbocycles. The van der Waals surface area contributed by atoms with E-state index in [2.05, 4.69) is 18.8 Å². The van der Waals surface area contributed by atoms with E-state index in [1.165, 1.54) is 6.20 Å². The molecule has 2 N–H and O–H groups in total. The molecular weight excluding hydrogens is 286 g/mol. The van der Waals surface area contributed by atoms with Crippen LogP contribution in [0.25, 0.3) is 0 Å². The summed E-state index contributed by atoms with van der Waals surface area (Å²) in [5, 5.41) is 0. The molecule has 0 spiro atoms. The molecule has 0 amide bonds. The van der Waals surface area contributed by atoms with Crippen molar-refractivity contribution < 1.29 is 8.42 Å². The van der Waals surface area contributed by atoms with Gasteiger partial charge in [-0.3, -0.25) is 0 Å². The number of nitrogen functional groups attached to an aromatic ring is 1. The fourth-order valence-electron chi connectivity index (χ4n) is 2.76. The Morgan fingerprint density at radius 2 is 2.00 bits per heavy atom. The molecule has 21 heavy (non-hydrogen) atoms. The summed E-state index contributed by atoms with van der Waals surface area (Å²) < 4.78 is 27.5. The Hall–Kier alpha value is -1.14. The van der Waals surface area contributed by atoms with E-state index < -0.39 is 10.0 Å². The SMILES string of the molecule is CC(C)CCN(C1CCCC1)S(=O)(=O)c1ccc(N)nc1. The van der Waals surface area contributed by atoms with E-state index in [9.17, 15) is 8.42 Å². The van der Waals surface area contributed by atoms with Crippen molar-refractivity contribution in [3.05, 3.63) is 18.3 Å². The number of rotatable bonds is 6. The minimum absolute atomic E-state index is 0.131. The van der Waals surface area contributed by atoms with Crippen molar-refractivity contribution in [3.8, 4) is 0 Å². The molecule has 118 valence electrons. The standard InChI is InChI=1S/C15H25N3O2S/c1-12(2)9-10-18(13-5-3-4-6-13)21(19,20)14-7-8-15(16)17-11-14/h7-8,11-13H,3-6,9-10H2,1-2H3,(H2,16,17). The number of nitrogens with zero attached hydrogens (tertiary/aromatic N) is 2. The Labute approximate surface area is 127 Å². The van der Waals surface area contributed by atoms with E-state index in [0.29, 0.717) is 18.3 Å². The Bertz CT molecular complexity index is 549. The Balaban J connectivity index is 2.26. The van der Waals surface area contributed by atoms with Crippen LogP contribution in [0.4, 0.5) is 5.82 Å². The summed E-state index contributed by atoms with van der Waals surface area (Å²) in [5.41, 5.74) is 5.55. The number of hydrogen-bond acceptors (Lipinski definition) is 4. The minimum Gasteiger partial charge on any atom is -0.384 e. The largest absolute Gasteiger partial charge is 0.384 e. The van der Waals surface area contributed by atoms with Gasteiger partial charge >= 0.3 is 0 Å². The highest BCUT2D eigenvalue weighted by Crippen LogP contribution is 2.29. The molecule has 1 heterocycles. The Morgan fingerprint density at radius 3 is 2.52 bits per heavy atom. The zero-order chi connectivity index (χ0) is 15.5. The van der Waals surface area contributed by atoms with Crippen molar-refractivity contribution >= 4 is 15.8 Å². The molecular formula is C15H25N3O2S. The third-order valence-electron chi connectivity index (χ3n) is 4.02. The van der Waals surface area contributed by atoms with Gasteiger partial charge in [0.25, 0.3) is 0 Å². The fourth-order valence-corrected chi connectivity index (χ4v) is 4.40. The smallest absolute Gasteiger partial charge is 0.244 e. The summed E-state index contributed by atoms with van der Waals surface area (Å²) in [6.07, 6.45) is 6.37. The number of anilines is 1. The predicted molar refractivity (Wildman–Crippen MR) is 84.3 cm³/mol. The van der Waals surface area contributed by atoms with Crippen molar-refractivity contribution in [1.29, 1.82) is 0 Å². The van der Waals surface area contributed by atoms with Crippen molar-refractivity contribution in [1.82, 2.24) is 9.29 Å². The highest BCUT2D eigenvalue weighted by atomic mass is 32.2. The first-order chi connectivity index (χ1) is 9.91. The molecule has 1 aromatic heterocycles. The quantitative estimate of drug-likeness (QED) is 0.876. The van der Waals surface area contributed by atoms with Crippen molar-refractivity contribution in [2.24, 2.45) is 5.92 Å². The van der Waals surface area contributed by atoms with Gasteiger partial charge in [0.05, 0.1) is 0 Å². The molecule has 0 radical (unpaired) electrons. The van der Waals surface area contributed by atoms with Crippen LogP contribution in [-0.2, 0) is 10.0 Å². The summed E-state index contributed by atoms with van der Waals surface area (Å²) in [6.45, 7) is 4.81. The van der Waals surface area contributed by atoms with E-state index in [1.54, 1.807) is 16.4 Å². The zero-order valence-electron chi connectivity index (χ0n) is 12.8. The van der Waals surface area contributed by atoms with Crippen LogP contribution in [0.5, 0.6) is 0 Å². The van der Waals surface area contributed by atoms with E-state index >= 15 is 0 Å². The lowest BCUT2D eigenvalue weighted by atomic mass is 10.1. The zero-order valence-corrected chi connectivity index (χ0v) is 13.6.